The second kappa shape index (κ2) is 14.1. The average molecular weight is 605 g/mol. The summed E-state index contributed by atoms with van der Waals surface area (Å²) >= 11 is 5.68. The predicted octanol–water partition coefficient (Wildman–Crippen LogP) is 5.72. The van der Waals surface area contributed by atoms with Crippen LogP contribution in [0.2, 0.25) is 0 Å². The van der Waals surface area contributed by atoms with Gasteiger partial charge in [0, 0.05) is 56.1 Å². The first-order valence-electron chi connectivity index (χ1n) is 13.6. The number of imidazole rings is 1. The monoisotopic (exact) mass is 604 g/mol. The standard InChI is InChI=1S/C32H31F3N6OS/c1-22-6-2-5-9-29(22)39-31(43)40(19-25-7-3-4-8-28(25)32(33,34)35)20-26(16-37)30(42)14-27-17-38-21-41(27)18-24-12-10-23(15-36)11-13-24/h2-13,17,21,26H,14,16,18-20,37H2,1H3,(H,39,43)/t26-/m0/s1. The number of ketones is 1. The van der Waals surface area contributed by atoms with Crippen molar-refractivity contribution in [3.8, 4) is 6.07 Å². The number of anilines is 1. The van der Waals surface area contributed by atoms with E-state index in [1.54, 1.807) is 35.6 Å². The molecule has 1 aromatic heterocycles. The number of alkyl halides is 3. The number of nitrogens with one attached hydrogen (secondary N) is 1. The Labute approximate surface area is 253 Å². The predicted molar refractivity (Wildman–Crippen MR) is 163 cm³/mol. The Kier molecular flexibility index (Phi) is 10.3. The number of hydrogen-bond acceptors (Lipinski definition) is 5. The van der Waals surface area contributed by atoms with E-state index in [0.29, 0.717) is 23.5 Å². The number of hydrogen-bond donors (Lipinski definition) is 2. The van der Waals surface area contributed by atoms with Crippen molar-refractivity contribution < 1.29 is 18.0 Å². The summed E-state index contributed by atoms with van der Waals surface area (Å²) in [4.78, 5) is 19.3. The molecule has 3 N–H and O–H groups in total. The van der Waals surface area contributed by atoms with Crippen LogP contribution in [0, 0.1) is 24.2 Å². The van der Waals surface area contributed by atoms with Crippen molar-refractivity contribution in [1.82, 2.24) is 14.5 Å². The molecule has 1 atom stereocenters. The fourth-order valence-corrected chi connectivity index (χ4v) is 4.93. The van der Waals surface area contributed by atoms with Crippen LogP contribution in [-0.4, -0.2) is 38.4 Å². The van der Waals surface area contributed by atoms with E-state index in [1.807, 2.05) is 47.9 Å². The van der Waals surface area contributed by atoms with E-state index in [4.69, 9.17) is 23.2 Å². The van der Waals surface area contributed by atoms with Gasteiger partial charge in [-0.15, -0.1) is 0 Å². The van der Waals surface area contributed by atoms with Gasteiger partial charge in [-0.1, -0.05) is 48.5 Å². The number of aromatic nitrogens is 2. The molecule has 222 valence electrons. The Morgan fingerprint density at radius 1 is 1.12 bits per heavy atom. The maximum Gasteiger partial charge on any atom is 0.416 e. The van der Waals surface area contributed by atoms with Crippen molar-refractivity contribution in [3.63, 3.8) is 0 Å². The van der Waals surface area contributed by atoms with Crippen molar-refractivity contribution in [2.45, 2.75) is 32.6 Å². The number of para-hydroxylation sites is 1. The number of rotatable bonds is 11. The first-order chi connectivity index (χ1) is 20.6. The molecule has 11 heteroatoms. The van der Waals surface area contributed by atoms with E-state index in [0.717, 1.165) is 17.2 Å². The fraction of sp³-hybridized carbons (Fsp3) is 0.250. The van der Waals surface area contributed by atoms with Crippen molar-refractivity contribution in [3.05, 3.63) is 119 Å². The van der Waals surface area contributed by atoms with Gasteiger partial charge in [0.05, 0.1) is 23.5 Å². The summed E-state index contributed by atoms with van der Waals surface area (Å²) in [5.41, 5.74) is 9.11. The van der Waals surface area contributed by atoms with E-state index in [-0.39, 0.29) is 42.5 Å². The molecule has 0 aliphatic carbocycles. The molecule has 0 fully saturated rings. The summed E-state index contributed by atoms with van der Waals surface area (Å²) in [6.45, 7) is 2.16. The zero-order chi connectivity index (χ0) is 31.0. The normalized spacial score (nSPS) is 11.9. The van der Waals surface area contributed by atoms with Gasteiger partial charge in [0.2, 0.25) is 0 Å². The number of nitrogens with zero attached hydrogens (tertiary/aromatic N) is 4. The summed E-state index contributed by atoms with van der Waals surface area (Å²) in [6.07, 6.45) is -1.29. The van der Waals surface area contributed by atoms with Crippen LogP contribution in [-0.2, 0) is 30.5 Å². The molecule has 0 bridgehead atoms. The number of thiocarbonyl (C=S) groups is 1. The molecule has 0 unspecified atom stereocenters. The zero-order valence-corrected chi connectivity index (χ0v) is 24.3. The van der Waals surface area contributed by atoms with Gasteiger partial charge in [0.1, 0.15) is 5.78 Å². The molecular formula is C32H31F3N6OS. The molecule has 0 aliphatic rings. The molecule has 1 heterocycles. The molecule has 4 aromatic rings. The minimum Gasteiger partial charge on any atom is -0.344 e. The van der Waals surface area contributed by atoms with Crippen LogP contribution >= 0.6 is 12.2 Å². The molecule has 4 rings (SSSR count). The van der Waals surface area contributed by atoms with Crippen molar-refractivity contribution >= 4 is 28.8 Å². The van der Waals surface area contributed by atoms with Gasteiger partial charge >= 0.3 is 6.18 Å². The summed E-state index contributed by atoms with van der Waals surface area (Å²) < 4.78 is 43.4. The molecule has 7 nitrogen and oxygen atoms in total. The maximum atomic E-state index is 13.8. The smallest absolute Gasteiger partial charge is 0.344 e. The fourth-order valence-electron chi connectivity index (χ4n) is 4.68. The Balaban J connectivity index is 1.55. The molecule has 0 spiro atoms. The zero-order valence-electron chi connectivity index (χ0n) is 23.5. The molecule has 0 amide bonds. The number of nitrogens with two attached hydrogens (primary N) is 1. The maximum absolute atomic E-state index is 13.8. The molecule has 0 aliphatic heterocycles. The Morgan fingerprint density at radius 2 is 1.81 bits per heavy atom. The quantitative estimate of drug-likeness (QED) is 0.212. The highest BCUT2D eigenvalue weighted by Gasteiger charge is 2.34. The molecule has 0 saturated heterocycles. The topological polar surface area (TPSA) is 100.0 Å². The summed E-state index contributed by atoms with van der Waals surface area (Å²) in [5.74, 6) is -0.898. The number of aryl methyl sites for hydroxylation is 1. The van der Waals surface area contributed by atoms with Gasteiger partial charge in [0.15, 0.2) is 5.11 Å². The molecule has 0 radical (unpaired) electrons. The molecule has 3 aromatic carbocycles. The van der Waals surface area contributed by atoms with Crippen LogP contribution in [0.25, 0.3) is 0 Å². The SMILES string of the molecule is Cc1ccccc1NC(=S)N(Cc1ccccc1C(F)(F)F)C[C@H](CN)C(=O)Cc1cncn1Cc1ccc(C#N)cc1. The van der Waals surface area contributed by atoms with E-state index < -0.39 is 17.7 Å². The Hall–Kier alpha value is -4.53. The van der Waals surface area contributed by atoms with Gasteiger partial charge in [-0.2, -0.15) is 18.4 Å². The number of Topliss-reactive ketones (excluding diaryl/α,β-unsaturated/α-hetero) is 1. The largest absolute Gasteiger partial charge is 0.416 e. The van der Waals surface area contributed by atoms with Gasteiger partial charge in [-0.3, -0.25) is 4.79 Å². The summed E-state index contributed by atoms with van der Waals surface area (Å²) in [6, 6.07) is 22.0. The van der Waals surface area contributed by atoms with Crippen LogP contribution < -0.4 is 11.1 Å². The summed E-state index contributed by atoms with van der Waals surface area (Å²) in [7, 11) is 0. The van der Waals surface area contributed by atoms with Gasteiger partial charge < -0.3 is 20.5 Å². The molecule has 43 heavy (non-hydrogen) atoms. The van der Waals surface area contributed by atoms with Crippen molar-refractivity contribution in [2.75, 3.05) is 18.4 Å². The average Bonchev–Trinajstić information content (AvgIpc) is 3.42. The van der Waals surface area contributed by atoms with Crippen LogP contribution in [0.15, 0.2) is 85.3 Å². The lowest BCUT2D eigenvalue weighted by molar-refractivity contribution is -0.138. The van der Waals surface area contributed by atoms with Crippen LogP contribution in [0.5, 0.6) is 0 Å². The Morgan fingerprint density at radius 3 is 2.49 bits per heavy atom. The highest BCUT2D eigenvalue weighted by molar-refractivity contribution is 7.80. The van der Waals surface area contributed by atoms with Gasteiger partial charge in [-0.05, 0) is 60.1 Å². The number of halogens is 3. The minimum absolute atomic E-state index is 0.0169. The second-order valence-electron chi connectivity index (χ2n) is 10.2. The van der Waals surface area contributed by atoms with Crippen molar-refractivity contribution in [1.29, 1.82) is 5.26 Å². The third-order valence-corrected chi connectivity index (χ3v) is 7.49. The number of benzene rings is 3. The third-order valence-electron chi connectivity index (χ3n) is 7.13. The van der Waals surface area contributed by atoms with E-state index >= 15 is 0 Å². The lowest BCUT2D eigenvalue weighted by Gasteiger charge is -2.30. The summed E-state index contributed by atoms with van der Waals surface area (Å²) in [5, 5.41) is 12.4. The minimum atomic E-state index is -4.55. The first-order valence-corrected chi connectivity index (χ1v) is 14.0. The van der Waals surface area contributed by atoms with Gasteiger partial charge in [-0.25, -0.2) is 4.98 Å². The van der Waals surface area contributed by atoms with Gasteiger partial charge in [0.25, 0.3) is 0 Å². The Bertz CT molecular complexity index is 1610. The first kappa shape index (κ1) is 31.4. The lowest BCUT2D eigenvalue weighted by atomic mass is 9.99. The second-order valence-corrected chi connectivity index (χ2v) is 10.6. The van der Waals surface area contributed by atoms with Crippen LogP contribution in [0.4, 0.5) is 18.9 Å². The van der Waals surface area contributed by atoms with E-state index in [1.165, 1.54) is 12.1 Å². The third kappa shape index (κ3) is 8.28. The van der Waals surface area contributed by atoms with Crippen molar-refractivity contribution in [2.24, 2.45) is 11.7 Å². The van der Waals surface area contributed by atoms with E-state index in [2.05, 4.69) is 16.4 Å². The highest BCUT2D eigenvalue weighted by atomic mass is 32.1. The highest BCUT2D eigenvalue weighted by Crippen LogP contribution is 2.32. The number of carbonyl (C=O) groups excluding carboxylic acids is 1. The lowest BCUT2D eigenvalue weighted by Crippen LogP contribution is -2.43. The number of carbonyl (C=O) groups is 1. The van der Waals surface area contributed by atoms with Crippen LogP contribution in [0.3, 0.4) is 0 Å². The van der Waals surface area contributed by atoms with E-state index in [9.17, 15) is 18.0 Å². The molecular weight excluding hydrogens is 573 g/mol. The number of nitriles is 1. The molecule has 0 saturated carbocycles. The van der Waals surface area contributed by atoms with Crippen LogP contribution in [0.1, 0.15) is 33.5 Å².